The summed E-state index contributed by atoms with van der Waals surface area (Å²) >= 11 is 0. The summed E-state index contributed by atoms with van der Waals surface area (Å²) in [6.45, 7) is 4.24. The Bertz CT molecular complexity index is 534. The van der Waals surface area contributed by atoms with Gasteiger partial charge in [0.2, 0.25) is 0 Å². The van der Waals surface area contributed by atoms with E-state index in [1.54, 1.807) is 0 Å². The zero-order valence-electron chi connectivity index (χ0n) is 10.6. The summed E-state index contributed by atoms with van der Waals surface area (Å²) in [7, 11) is 1.99. The van der Waals surface area contributed by atoms with Crippen LogP contribution >= 0.6 is 0 Å². The molecule has 2 aromatic rings. The molecule has 1 aromatic heterocycles. The van der Waals surface area contributed by atoms with Gasteiger partial charge < -0.3 is 5.32 Å². The zero-order chi connectivity index (χ0) is 12.3. The summed E-state index contributed by atoms with van der Waals surface area (Å²) in [5.41, 5.74) is 3.64. The van der Waals surface area contributed by atoms with Crippen molar-refractivity contribution >= 4 is 10.9 Å². The molecule has 1 unspecified atom stereocenters. The Labute approximate surface area is 102 Å². The van der Waals surface area contributed by atoms with Gasteiger partial charge in [-0.15, -0.1) is 0 Å². The van der Waals surface area contributed by atoms with E-state index in [0.29, 0.717) is 0 Å². The van der Waals surface area contributed by atoms with E-state index in [1.165, 1.54) is 16.5 Å². The number of pyridine rings is 1. The van der Waals surface area contributed by atoms with Crippen molar-refractivity contribution in [3.8, 4) is 0 Å². The fourth-order valence-corrected chi connectivity index (χ4v) is 2.06. The first kappa shape index (κ1) is 11.8. The lowest BCUT2D eigenvalue weighted by atomic mass is 10.00. The Morgan fingerprint density at radius 2 is 2.06 bits per heavy atom. The molecule has 0 saturated heterocycles. The van der Waals surface area contributed by atoms with Crippen LogP contribution in [0.4, 0.5) is 0 Å². The molecule has 2 heteroatoms. The summed E-state index contributed by atoms with van der Waals surface area (Å²) in [6.07, 6.45) is 4.07. The van der Waals surface area contributed by atoms with Crippen molar-refractivity contribution < 1.29 is 0 Å². The molecule has 1 N–H and O–H groups in total. The Balaban J connectivity index is 2.57. The van der Waals surface area contributed by atoms with Gasteiger partial charge in [0, 0.05) is 11.6 Å². The molecule has 1 heterocycles. The largest absolute Gasteiger partial charge is 0.310 e. The molecule has 0 bridgehead atoms. The number of hydrogen-bond acceptors (Lipinski definition) is 2. The first-order valence-corrected chi connectivity index (χ1v) is 5.88. The van der Waals surface area contributed by atoms with Gasteiger partial charge in [-0.3, -0.25) is 4.98 Å². The van der Waals surface area contributed by atoms with E-state index < -0.39 is 0 Å². The van der Waals surface area contributed by atoms with Gasteiger partial charge in [-0.25, -0.2) is 0 Å². The highest BCUT2D eigenvalue weighted by Crippen LogP contribution is 2.24. The Morgan fingerprint density at radius 1 is 1.24 bits per heavy atom. The van der Waals surface area contributed by atoms with Crippen molar-refractivity contribution in [2.24, 2.45) is 0 Å². The summed E-state index contributed by atoms with van der Waals surface area (Å²) in [5, 5.41) is 4.55. The highest BCUT2D eigenvalue weighted by Gasteiger charge is 2.09. The zero-order valence-corrected chi connectivity index (χ0v) is 10.6. The second-order valence-electron chi connectivity index (χ2n) is 4.43. The van der Waals surface area contributed by atoms with Crippen LogP contribution in [-0.2, 0) is 0 Å². The van der Waals surface area contributed by atoms with E-state index in [4.69, 9.17) is 0 Å². The predicted octanol–water partition coefficient (Wildman–Crippen LogP) is 3.46. The van der Waals surface area contributed by atoms with Crippen LogP contribution in [0.25, 0.3) is 10.9 Å². The standard InChI is InChI=1S/C15H18N2/c1-11(2)10-15(16-3)13-6-4-8-14-12(13)7-5-9-17-14/h4-10,15-16H,1-3H3. The van der Waals surface area contributed by atoms with Crippen LogP contribution in [0.2, 0.25) is 0 Å². The third-order valence-corrected chi connectivity index (χ3v) is 2.83. The van der Waals surface area contributed by atoms with Gasteiger partial charge in [-0.1, -0.05) is 29.8 Å². The van der Waals surface area contributed by atoms with Crippen LogP contribution in [0.15, 0.2) is 48.2 Å². The third kappa shape index (κ3) is 2.53. The Kier molecular flexibility index (Phi) is 3.55. The lowest BCUT2D eigenvalue weighted by molar-refractivity contribution is 0.715. The smallest absolute Gasteiger partial charge is 0.0705 e. The highest BCUT2D eigenvalue weighted by molar-refractivity contribution is 5.82. The van der Waals surface area contributed by atoms with Crippen LogP contribution in [-0.4, -0.2) is 12.0 Å². The summed E-state index contributed by atoms with van der Waals surface area (Å²) in [4.78, 5) is 4.39. The van der Waals surface area contributed by atoms with Gasteiger partial charge in [-0.2, -0.15) is 0 Å². The molecule has 88 valence electrons. The topological polar surface area (TPSA) is 24.9 Å². The molecule has 0 spiro atoms. The average Bonchev–Trinajstić information content (AvgIpc) is 2.35. The second-order valence-corrected chi connectivity index (χ2v) is 4.43. The molecule has 2 rings (SSSR count). The van der Waals surface area contributed by atoms with E-state index in [2.05, 4.69) is 48.4 Å². The van der Waals surface area contributed by atoms with Crippen LogP contribution < -0.4 is 5.32 Å². The van der Waals surface area contributed by atoms with Crippen molar-refractivity contribution in [1.82, 2.24) is 10.3 Å². The molecule has 0 amide bonds. The number of aromatic nitrogens is 1. The van der Waals surface area contributed by atoms with Crippen LogP contribution in [0, 0.1) is 0 Å². The van der Waals surface area contributed by atoms with Crippen LogP contribution in [0.3, 0.4) is 0 Å². The first-order valence-electron chi connectivity index (χ1n) is 5.88. The number of nitrogens with one attached hydrogen (secondary N) is 1. The van der Waals surface area contributed by atoms with Crippen molar-refractivity contribution in [1.29, 1.82) is 0 Å². The van der Waals surface area contributed by atoms with Gasteiger partial charge in [0.25, 0.3) is 0 Å². The minimum atomic E-state index is 0.243. The molecule has 2 nitrogen and oxygen atoms in total. The molecule has 0 aliphatic carbocycles. The fourth-order valence-electron chi connectivity index (χ4n) is 2.06. The summed E-state index contributed by atoms with van der Waals surface area (Å²) in [6, 6.07) is 10.6. The molecule has 17 heavy (non-hydrogen) atoms. The molecular weight excluding hydrogens is 208 g/mol. The minimum Gasteiger partial charge on any atom is -0.310 e. The lowest BCUT2D eigenvalue weighted by Gasteiger charge is -2.15. The number of likely N-dealkylation sites (N-methyl/N-ethyl adjacent to an activating group) is 1. The van der Waals surface area contributed by atoms with Crippen molar-refractivity contribution in [2.45, 2.75) is 19.9 Å². The van der Waals surface area contributed by atoms with Gasteiger partial charge in [0.05, 0.1) is 11.6 Å². The van der Waals surface area contributed by atoms with E-state index in [9.17, 15) is 0 Å². The number of benzene rings is 1. The number of fused-ring (bicyclic) bond motifs is 1. The number of hydrogen-bond donors (Lipinski definition) is 1. The van der Waals surface area contributed by atoms with Gasteiger partial charge >= 0.3 is 0 Å². The van der Waals surface area contributed by atoms with Crippen molar-refractivity contribution in [3.05, 3.63) is 53.7 Å². The SMILES string of the molecule is CNC(C=C(C)C)c1cccc2ncccc12. The molecule has 1 aromatic carbocycles. The van der Waals surface area contributed by atoms with Crippen molar-refractivity contribution in [2.75, 3.05) is 7.05 Å². The number of allylic oxidation sites excluding steroid dienone is 1. The molecule has 0 aliphatic heterocycles. The number of nitrogens with zero attached hydrogens (tertiary/aromatic N) is 1. The summed E-state index contributed by atoms with van der Waals surface area (Å²) in [5.74, 6) is 0. The van der Waals surface area contributed by atoms with Gasteiger partial charge in [0.1, 0.15) is 0 Å². The second kappa shape index (κ2) is 5.11. The molecular formula is C15H18N2. The average molecular weight is 226 g/mol. The molecule has 1 atom stereocenters. The number of rotatable bonds is 3. The van der Waals surface area contributed by atoms with Crippen LogP contribution in [0.5, 0.6) is 0 Å². The van der Waals surface area contributed by atoms with Crippen LogP contribution in [0.1, 0.15) is 25.5 Å². The first-order chi connectivity index (χ1) is 8.22. The Morgan fingerprint density at radius 3 is 2.76 bits per heavy atom. The quantitative estimate of drug-likeness (QED) is 0.811. The normalized spacial score (nSPS) is 12.4. The third-order valence-electron chi connectivity index (χ3n) is 2.83. The minimum absolute atomic E-state index is 0.243. The maximum absolute atomic E-state index is 4.39. The summed E-state index contributed by atoms with van der Waals surface area (Å²) < 4.78 is 0. The Hall–Kier alpha value is -1.67. The van der Waals surface area contributed by atoms with E-state index >= 15 is 0 Å². The highest BCUT2D eigenvalue weighted by atomic mass is 14.9. The lowest BCUT2D eigenvalue weighted by Crippen LogP contribution is -2.14. The molecule has 0 radical (unpaired) electrons. The molecule has 0 aliphatic rings. The van der Waals surface area contributed by atoms with Gasteiger partial charge in [0.15, 0.2) is 0 Å². The fraction of sp³-hybridized carbons (Fsp3) is 0.267. The van der Waals surface area contributed by atoms with E-state index in [-0.39, 0.29) is 6.04 Å². The maximum Gasteiger partial charge on any atom is 0.0705 e. The molecule has 0 saturated carbocycles. The van der Waals surface area contributed by atoms with E-state index in [1.807, 2.05) is 25.4 Å². The predicted molar refractivity (Wildman–Crippen MR) is 73.0 cm³/mol. The van der Waals surface area contributed by atoms with Gasteiger partial charge in [-0.05, 0) is 38.6 Å². The molecule has 0 fully saturated rings. The van der Waals surface area contributed by atoms with Crippen molar-refractivity contribution in [3.63, 3.8) is 0 Å². The maximum atomic E-state index is 4.39. The monoisotopic (exact) mass is 226 g/mol. The van der Waals surface area contributed by atoms with E-state index in [0.717, 1.165) is 5.52 Å².